The predicted octanol–water partition coefficient (Wildman–Crippen LogP) is 2.03. The summed E-state index contributed by atoms with van der Waals surface area (Å²) in [6.45, 7) is 3.27. The number of nitrogens with one attached hydrogen (secondary N) is 1. The first kappa shape index (κ1) is 14.2. The van der Waals surface area contributed by atoms with Crippen molar-refractivity contribution < 1.29 is 24.4 Å². The van der Waals surface area contributed by atoms with Gasteiger partial charge in [-0.25, -0.2) is 9.59 Å². The van der Waals surface area contributed by atoms with E-state index >= 15 is 0 Å². The van der Waals surface area contributed by atoms with Gasteiger partial charge in [0.15, 0.2) is 5.56 Å². The number of nitrogens with zero attached hydrogens (tertiary/aromatic N) is 1. The largest absolute Gasteiger partial charge is 0.477 e. The van der Waals surface area contributed by atoms with Crippen molar-refractivity contribution in [1.29, 1.82) is 0 Å². The van der Waals surface area contributed by atoms with E-state index in [1.165, 1.54) is 18.2 Å². The Bertz CT molecular complexity index is 540. The third-order valence-electron chi connectivity index (χ3n) is 2.02. The number of hydrogen-bond acceptors (Lipinski definition) is 5. The van der Waals surface area contributed by atoms with Crippen LogP contribution in [0.25, 0.3) is 0 Å². The van der Waals surface area contributed by atoms with Gasteiger partial charge in [0.05, 0.1) is 10.6 Å². The topological polar surface area (TPSA) is 119 Å². The van der Waals surface area contributed by atoms with Gasteiger partial charge in [-0.2, -0.15) is 0 Å². The molecule has 0 bridgehead atoms. The molecule has 1 amide bonds. The van der Waals surface area contributed by atoms with Crippen LogP contribution in [0.5, 0.6) is 0 Å². The molecule has 1 rings (SSSR count). The minimum absolute atomic E-state index is 0.0663. The Balaban J connectivity index is 3.10. The van der Waals surface area contributed by atoms with Gasteiger partial charge in [-0.15, -0.1) is 0 Å². The Morgan fingerprint density at radius 2 is 2.21 bits per heavy atom. The second kappa shape index (κ2) is 6.15. The molecule has 100 valence electrons. The van der Waals surface area contributed by atoms with Gasteiger partial charge >= 0.3 is 12.1 Å². The molecule has 0 aliphatic rings. The molecule has 19 heavy (non-hydrogen) atoms. The zero-order valence-electron chi connectivity index (χ0n) is 9.66. The normalized spacial score (nSPS) is 9.47. The molecule has 2 N–H and O–H groups in total. The molecule has 1 aromatic carbocycles. The number of benzene rings is 1. The summed E-state index contributed by atoms with van der Waals surface area (Å²) in [7, 11) is 0. The van der Waals surface area contributed by atoms with Gasteiger partial charge in [0.2, 0.25) is 0 Å². The molecule has 0 aliphatic carbocycles. The Morgan fingerprint density at radius 3 is 2.74 bits per heavy atom. The van der Waals surface area contributed by atoms with Gasteiger partial charge in [-0.05, 0) is 6.07 Å². The lowest BCUT2D eigenvalue weighted by Crippen LogP contribution is -2.17. The van der Waals surface area contributed by atoms with E-state index in [1.54, 1.807) is 0 Å². The highest BCUT2D eigenvalue weighted by Gasteiger charge is 2.24. The molecule has 0 aliphatic heterocycles. The van der Waals surface area contributed by atoms with Crippen molar-refractivity contribution in [2.45, 2.75) is 0 Å². The van der Waals surface area contributed by atoms with Crippen LogP contribution in [0.15, 0.2) is 30.9 Å². The van der Waals surface area contributed by atoms with Crippen molar-refractivity contribution in [2.75, 3.05) is 11.9 Å². The predicted molar refractivity (Wildman–Crippen MR) is 65.2 cm³/mol. The molecule has 8 nitrogen and oxygen atoms in total. The van der Waals surface area contributed by atoms with E-state index in [2.05, 4.69) is 16.6 Å². The summed E-state index contributed by atoms with van der Waals surface area (Å²) < 4.78 is 4.60. The molecule has 0 fully saturated rings. The molecule has 0 unspecified atom stereocenters. The highest BCUT2D eigenvalue weighted by molar-refractivity contribution is 6.02. The summed E-state index contributed by atoms with van der Waals surface area (Å²) in [4.78, 5) is 32.2. The number of rotatable bonds is 5. The van der Waals surface area contributed by atoms with Crippen molar-refractivity contribution in [3.8, 4) is 0 Å². The number of anilines is 1. The van der Waals surface area contributed by atoms with E-state index in [4.69, 9.17) is 5.11 Å². The fraction of sp³-hybridized carbons (Fsp3) is 0.0909. The molecular weight excluding hydrogens is 256 g/mol. The zero-order chi connectivity index (χ0) is 14.4. The lowest BCUT2D eigenvalue weighted by Gasteiger charge is -2.08. The number of ether oxygens (including phenoxy) is 1. The van der Waals surface area contributed by atoms with Gasteiger partial charge in [0, 0.05) is 6.07 Å². The number of carboxylic acids is 1. The first-order valence-electron chi connectivity index (χ1n) is 5.02. The van der Waals surface area contributed by atoms with Gasteiger partial charge < -0.3 is 9.84 Å². The average molecular weight is 266 g/mol. The summed E-state index contributed by atoms with van der Waals surface area (Å²) in [6.07, 6.45) is 0.397. The maximum absolute atomic E-state index is 11.3. The molecule has 0 spiro atoms. The van der Waals surface area contributed by atoms with Gasteiger partial charge in [0.1, 0.15) is 6.61 Å². The SMILES string of the molecule is C=CCOC(=O)Nc1cccc([N+](=O)[O-])c1C(=O)O. The Morgan fingerprint density at radius 1 is 1.53 bits per heavy atom. The minimum atomic E-state index is -1.52. The van der Waals surface area contributed by atoms with Crippen LogP contribution in [0.3, 0.4) is 0 Å². The summed E-state index contributed by atoms with van der Waals surface area (Å²) in [5.41, 5.74) is -1.44. The standard InChI is InChI=1S/C11H10N2O6/c1-2-6-19-11(16)12-7-4-3-5-8(13(17)18)9(7)10(14)15/h2-5H,1,6H2,(H,12,16)(H,14,15). The number of hydrogen-bond donors (Lipinski definition) is 2. The number of carboxylic acid groups (broad SMARTS) is 1. The summed E-state index contributed by atoms with van der Waals surface area (Å²) in [5.74, 6) is -1.52. The number of amides is 1. The number of aromatic carboxylic acids is 1. The van der Waals surface area contributed by atoms with Crippen LogP contribution in [0.2, 0.25) is 0 Å². The van der Waals surface area contributed by atoms with Crippen molar-refractivity contribution in [2.24, 2.45) is 0 Å². The fourth-order valence-corrected chi connectivity index (χ4v) is 1.30. The maximum Gasteiger partial charge on any atom is 0.411 e. The Kier molecular flexibility index (Phi) is 4.58. The highest BCUT2D eigenvalue weighted by atomic mass is 16.6. The smallest absolute Gasteiger partial charge is 0.411 e. The summed E-state index contributed by atoms with van der Waals surface area (Å²) in [5, 5.41) is 21.8. The Labute approximate surface area is 107 Å². The lowest BCUT2D eigenvalue weighted by molar-refractivity contribution is -0.385. The monoisotopic (exact) mass is 266 g/mol. The molecule has 0 heterocycles. The van der Waals surface area contributed by atoms with Crippen LogP contribution in [0.4, 0.5) is 16.2 Å². The highest BCUT2D eigenvalue weighted by Crippen LogP contribution is 2.26. The molecule has 0 saturated heterocycles. The molecule has 0 saturated carbocycles. The molecule has 0 radical (unpaired) electrons. The lowest BCUT2D eigenvalue weighted by atomic mass is 10.1. The van der Waals surface area contributed by atoms with Gasteiger partial charge in [-0.3, -0.25) is 15.4 Å². The van der Waals surface area contributed by atoms with E-state index in [9.17, 15) is 19.7 Å². The van der Waals surface area contributed by atoms with Gasteiger partial charge in [-0.1, -0.05) is 18.7 Å². The molecule has 1 aromatic rings. The number of carbonyl (C=O) groups is 2. The number of nitro groups is 1. The minimum Gasteiger partial charge on any atom is -0.477 e. The van der Waals surface area contributed by atoms with Crippen molar-refractivity contribution >= 4 is 23.4 Å². The summed E-state index contributed by atoms with van der Waals surface area (Å²) >= 11 is 0. The van der Waals surface area contributed by atoms with Crippen molar-refractivity contribution in [3.63, 3.8) is 0 Å². The second-order valence-corrected chi connectivity index (χ2v) is 3.27. The van der Waals surface area contributed by atoms with Crippen molar-refractivity contribution in [3.05, 3.63) is 46.5 Å². The number of carbonyl (C=O) groups excluding carboxylic acids is 1. The molecular formula is C11H10N2O6. The van der Waals surface area contributed by atoms with Crippen LogP contribution in [0.1, 0.15) is 10.4 Å². The quantitative estimate of drug-likeness (QED) is 0.478. The van der Waals surface area contributed by atoms with Crippen LogP contribution < -0.4 is 5.32 Å². The Hall–Kier alpha value is -2.90. The zero-order valence-corrected chi connectivity index (χ0v) is 9.66. The number of nitro benzene ring substituents is 1. The van der Waals surface area contributed by atoms with Crippen LogP contribution in [-0.2, 0) is 4.74 Å². The van der Waals surface area contributed by atoms with Gasteiger partial charge in [0.25, 0.3) is 5.69 Å². The third kappa shape index (κ3) is 3.53. The van der Waals surface area contributed by atoms with E-state index in [0.29, 0.717) is 0 Å². The van der Waals surface area contributed by atoms with E-state index < -0.39 is 28.2 Å². The third-order valence-corrected chi connectivity index (χ3v) is 2.02. The fourth-order valence-electron chi connectivity index (χ4n) is 1.30. The molecule has 8 heteroatoms. The van der Waals surface area contributed by atoms with Crippen LogP contribution in [0, 0.1) is 10.1 Å². The second-order valence-electron chi connectivity index (χ2n) is 3.27. The first-order chi connectivity index (χ1) is 8.97. The molecule has 0 atom stereocenters. The summed E-state index contributed by atoms with van der Waals surface area (Å²) in [6, 6.07) is 3.52. The van der Waals surface area contributed by atoms with E-state index in [0.717, 1.165) is 6.07 Å². The first-order valence-corrected chi connectivity index (χ1v) is 5.02. The van der Waals surface area contributed by atoms with Crippen LogP contribution in [-0.4, -0.2) is 28.7 Å². The van der Waals surface area contributed by atoms with Crippen molar-refractivity contribution in [1.82, 2.24) is 0 Å². The van der Waals surface area contributed by atoms with E-state index in [-0.39, 0.29) is 12.3 Å². The average Bonchev–Trinajstić information content (AvgIpc) is 2.35. The van der Waals surface area contributed by atoms with E-state index in [1.807, 2.05) is 0 Å². The molecule has 0 aromatic heterocycles. The van der Waals surface area contributed by atoms with Crippen LogP contribution >= 0.6 is 0 Å². The maximum atomic E-state index is 11.3.